The molecule has 0 aliphatic carbocycles. The molecule has 0 bridgehead atoms. The van der Waals surface area contributed by atoms with Gasteiger partial charge < -0.3 is 47.0 Å². The number of nitrogens with one attached hydrogen (secondary N) is 4. The van der Waals surface area contributed by atoms with Crippen LogP contribution in [0.25, 0.3) is 10.9 Å². The number of hydrogen-bond donors (Lipinski definition) is 8. The van der Waals surface area contributed by atoms with Gasteiger partial charge in [0.15, 0.2) is 0 Å². The number of anilines is 1. The fraction of sp³-hybridized carbons (Fsp3) is 0.486. The predicted octanol–water partition coefficient (Wildman–Crippen LogP) is -0.142. The molecule has 2 aromatic rings. The van der Waals surface area contributed by atoms with Crippen LogP contribution in [0.3, 0.4) is 0 Å². The van der Waals surface area contributed by atoms with Crippen molar-refractivity contribution in [1.82, 2.24) is 30.7 Å². The summed E-state index contributed by atoms with van der Waals surface area (Å²) in [6.45, 7) is -1.38. The molecule has 6 amide bonds. The summed E-state index contributed by atoms with van der Waals surface area (Å²) in [6, 6.07) is 2.27. The second-order valence-corrected chi connectivity index (χ2v) is 13.5. The molecule has 308 valence electrons. The maximum Gasteiger partial charge on any atom is 0.327 e. The van der Waals surface area contributed by atoms with Crippen LogP contribution in [0.2, 0.25) is 0 Å². The summed E-state index contributed by atoms with van der Waals surface area (Å²) < 4.78 is 27.5. The number of carboxylic acid groups (broad SMARTS) is 2. The highest BCUT2D eigenvalue weighted by atomic mass is 32.1. The highest BCUT2D eigenvalue weighted by molar-refractivity contribution is 7.80. The van der Waals surface area contributed by atoms with E-state index in [9.17, 15) is 52.2 Å². The molecule has 1 aliphatic rings. The van der Waals surface area contributed by atoms with Gasteiger partial charge in [0.1, 0.15) is 18.1 Å². The van der Waals surface area contributed by atoms with Gasteiger partial charge in [-0.05, 0) is 31.4 Å². The Balaban J connectivity index is 1.44. The zero-order valence-electron chi connectivity index (χ0n) is 30.7. The zero-order chi connectivity index (χ0) is 42.4. The highest BCUT2D eigenvalue weighted by Gasteiger charge is 2.47. The van der Waals surface area contributed by atoms with E-state index in [2.05, 4.69) is 38.9 Å². The number of hydrogen-bond acceptors (Lipinski definition) is 12. The van der Waals surface area contributed by atoms with Crippen molar-refractivity contribution in [1.29, 1.82) is 5.26 Å². The monoisotopic (exact) mass is 819 g/mol. The third-order valence-electron chi connectivity index (χ3n) is 8.87. The number of alkyl halides is 2. The number of rotatable bonds is 20. The minimum atomic E-state index is -3.21. The van der Waals surface area contributed by atoms with E-state index in [1.165, 1.54) is 25.4 Å². The zero-order valence-corrected chi connectivity index (χ0v) is 31.6. The van der Waals surface area contributed by atoms with Crippen LogP contribution in [-0.2, 0) is 33.6 Å². The van der Waals surface area contributed by atoms with Gasteiger partial charge in [0.05, 0.1) is 48.4 Å². The Morgan fingerprint density at radius 3 is 2.44 bits per heavy atom. The predicted molar refractivity (Wildman–Crippen MR) is 200 cm³/mol. The average Bonchev–Trinajstić information content (AvgIpc) is 3.50. The van der Waals surface area contributed by atoms with Crippen molar-refractivity contribution in [2.45, 2.75) is 75.0 Å². The normalized spacial score (nSPS) is 16.0. The molecule has 1 aromatic heterocycles. The number of benzene rings is 1. The van der Waals surface area contributed by atoms with Crippen LogP contribution < -0.4 is 27.0 Å². The summed E-state index contributed by atoms with van der Waals surface area (Å²) in [5, 5.41) is 37.7. The number of thiol groups is 1. The van der Waals surface area contributed by atoms with Crippen molar-refractivity contribution in [3.8, 4) is 6.07 Å². The first kappa shape index (κ1) is 45.4. The maximum absolute atomic E-state index is 13.7. The Morgan fingerprint density at radius 1 is 1.09 bits per heavy atom. The van der Waals surface area contributed by atoms with Gasteiger partial charge in [-0.3, -0.25) is 38.5 Å². The molecule has 8 N–H and O–H groups in total. The third kappa shape index (κ3) is 13.1. The van der Waals surface area contributed by atoms with E-state index < -0.39 is 103 Å². The van der Waals surface area contributed by atoms with E-state index in [1.54, 1.807) is 18.2 Å². The molecule has 4 atom stereocenters. The van der Waals surface area contributed by atoms with Crippen LogP contribution in [0.4, 0.5) is 14.5 Å². The number of halogens is 2. The Morgan fingerprint density at radius 2 is 1.79 bits per heavy atom. The summed E-state index contributed by atoms with van der Waals surface area (Å²) in [7, 11) is 1.18. The summed E-state index contributed by atoms with van der Waals surface area (Å²) in [5.41, 5.74) is 6.52. The second kappa shape index (κ2) is 20.8. The lowest BCUT2D eigenvalue weighted by Gasteiger charge is -2.29. The quantitative estimate of drug-likeness (QED) is 0.0638. The third-order valence-corrected chi connectivity index (χ3v) is 9.24. The number of pyridine rings is 1. The van der Waals surface area contributed by atoms with Crippen molar-refractivity contribution >= 4 is 76.6 Å². The molecular weight excluding hydrogens is 777 g/mol. The lowest BCUT2D eigenvalue weighted by Crippen LogP contribution is -2.55. The lowest BCUT2D eigenvalue weighted by molar-refractivity contribution is -0.147. The van der Waals surface area contributed by atoms with Gasteiger partial charge in [-0.2, -0.15) is 17.9 Å². The maximum atomic E-state index is 13.7. The number of carbonyl (C=O) groups excluding carboxylic acids is 6. The van der Waals surface area contributed by atoms with Gasteiger partial charge in [0.2, 0.25) is 29.5 Å². The molecule has 57 heavy (non-hydrogen) atoms. The molecule has 0 radical (unpaired) electrons. The standard InChI is InChI=1S/C35H43F2N9O10S/c1-45(25(13-29(50)51)32(53)44-24(17-57)34(55)56)33(54)22(39)6-2-3-11-40-26(47)8-9-27(48)43-23-7-4-5-20-21(10-12-41-30(20)23)31(52)42-16-28(49)46-18-35(36,37)14-19(46)15-38/h4-5,7,10,12,19,22,24-25,57H,2-3,6,8-9,11,13-14,16-18,39H2,1H3,(H,40,47)(H,42,52)(H,43,48)(H,44,53)(H,50,51)(H,55,56)/t19-,22-,24-,25-/m0/s1. The first-order valence-electron chi connectivity index (χ1n) is 17.6. The van der Waals surface area contributed by atoms with Gasteiger partial charge >= 0.3 is 11.9 Å². The lowest BCUT2D eigenvalue weighted by atomic mass is 10.1. The van der Waals surface area contributed by atoms with Crippen molar-refractivity contribution in [3.63, 3.8) is 0 Å². The van der Waals surface area contributed by atoms with Crippen LogP contribution in [0.1, 0.15) is 55.3 Å². The second-order valence-electron chi connectivity index (χ2n) is 13.1. The molecule has 3 rings (SSSR count). The summed E-state index contributed by atoms with van der Waals surface area (Å²) in [4.78, 5) is 105. The number of aromatic nitrogens is 1. The number of likely N-dealkylation sites (N-methyl/N-ethyl adjacent to an activating group) is 1. The topological polar surface area (TPSA) is 294 Å². The molecule has 0 saturated carbocycles. The number of nitriles is 1. The first-order chi connectivity index (χ1) is 26.9. The fourth-order valence-electron chi connectivity index (χ4n) is 5.83. The first-order valence-corrected chi connectivity index (χ1v) is 18.2. The van der Waals surface area contributed by atoms with Gasteiger partial charge in [0, 0.05) is 50.2 Å². The van der Waals surface area contributed by atoms with Gasteiger partial charge in [-0.25, -0.2) is 13.6 Å². The van der Waals surface area contributed by atoms with E-state index in [4.69, 9.17) is 16.1 Å². The van der Waals surface area contributed by atoms with E-state index in [1.807, 2.05) is 0 Å². The number of nitrogens with two attached hydrogens (primary N) is 1. The number of likely N-dealkylation sites (tertiary alicyclic amines) is 1. The minimum Gasteiger partial charge on any atom is -0.481 e. The number of para-hydroxylation sites is 1. The SMILES string of the molecule is CN(C(=O)[C@@H](N)CCCCNC(=O)CCC(=O)Nc1cccc2c(C(=O)NCC(=O)N3CC(F)(F)C[C@H]3C#N)ccnc12)[C@@H](CC(=O)O)C(=O)N[C@@H](CS)C(=O)O. The molecule has 19 nitrogen and oxygen atoms in total. The van der Waals surface area contributed by atoms with Crippen molar-refractivity contribution in [2.24, 2.45) is 5.73 Å². The molecule has 0 unspecified atom stereocenters. The molecule has 1 fully saturated rings. The summed E-state index contributed by atoms with van der Waals surface area (Å²) in [5.74, 6) is -10.6. The Hall–Kier alpha value is -5.95. The smallest absolute Gasteiger partial charge is 0.327 e. The van der Waals surface area contributed by atoms with Gasteiger partial charge in [0.25, 0.3) is 11.8 Å². The van der Waals surface area contributed by atoms with Crippen LogP contribution >= 0.6 is 12.6 Å². The summed E-state index contributed by atoms with van der Waals surface area (Å²) >= 11 is 3.85. The Kier molecular flexibility index (Phi) is 16.6. The van der Waals surface area contributed by atoms with Crippen molar-refractivity contribution < 1.29 is 57.4 Å². The number of nitrogens with zero attached hydrogens (tertiary/aromatic N) is 4. The molecule has 1 aliphatic heterocycles. The molecule has 1 saturated heterocycles. The molecule has 1 aromatic carbocycles. The number of fused-ring (bicyclic) bond motifs is 1. The van der Waals surface area contributed by atoms with Crippen molar-refractivity contribution in [2.75, 3.05) is 37.8 Å². The van der Waals surface area contributed by atoms with Crippen LogP contribution in [0.5, 0.6) is 0 Å². The Labute approximate surface area is 330 Å². The number of unbranched alkanes of at least 4 members (excludes halogenated alkanes) is 1. The number of carbonyl (C=O) groups is 8. The largest absolute Gasteiger partial charge is 0.481 e. The van der Waals surface area contributed by atoms with E-state index in [0.717, 1.165) is 9.80 Å². The average molecular weight is 820 g/mol. The van der Waals surface area contributed by atoms with E-state index in [0.29, 0.717) is 18.2 Å². The molecule has 22 heteroatoms. The van der Waals surface area contributed by atoms with Crippen LogP contribution in [0.15, 0.2) is 30.5 Å². The van der Waals surface area contributed by atoms with E-state index >= 15 is 0 Å². The van der Waals surface area contributed by atoms with Gasteiger partial charge in [-0.1, -0.05) is 12.1 Å². The van der Waals surface area contributed by atoms with Gasteiger partial charge in [-0.15, -0.1) is 0 Å². The molecule has 2 heterocycles. The van der Waals surface area contributed by atoms with Crippen LogP contribution in [-0.4, -0.2) is 135 Å². The fourth-order valence-corrected chi connectivity index (χ4v) is 6.08. The number of amides is 6. The molecular formula is C35H43F2N9O10S. The highest BCUT2D eigenvalue weighted by Crippen LogP contribution is 2.31. The Bertz CT molecular complexity index is 1910. The summed E-state index contributed by atoms with van der Waals surface area (Å²) in [6.07, 6.45) is 0.145. The number of aliphatic carboxylic acids is 2. The van der Waals surface area contributed by atoms with Crippen LogP contribution in [0, 0.1) is 11.3 Å². The number of carboxylic acids is 2. The minimum absolute atomic E-state index is 0.0783. The van der Waals surface area contributed by atoms with Crippen molar-refractivity contribution in [3.05, 3.63) is 36.0 Å². The molecule has 0 spiro atoms. The van der Waals surface area contributed by atoms with E-state index in [-0.39, 0.29) is 48.3 Å².